The topological polar surface area (TPSA) is 76.9 Å². The second-order valence-electron chi connectivity index (χ2n) is 4.75. The molecule has 114 valence electrons. The van der Waals surface area contributed by atoms with Crippen LogP contribution in [0.3, 0.4) is 0 Å². The van der Waals surface area contributed by atoms with Crippen molar-refractivity contribution in [2.24, 2.45) is 0 Å². The van der Waals surface area contributed by atoms with Crippen molar-refractivity contribution in [2.75, 3.05) is 0 Å². The summed E-state index contributed by atoms with van der Waals surface area (Å²) in [7, 11) is -3.59. The van der Waals surface area contributed by atoms with Gasteiger partial charge in [-0.25, -0.2) is 17.8 Å². The van der Waals surface area contributed by atoms with Crippen molar-refractivity contribution in [3.05, 3.63) is 58.8 Å². The predicted molar refractivity (Wildman–Crippen MR) is 84.4 cm³/mol. The second kappa shape index (κ2) is 5.99. The van der Waals surface area contributed by atoms with E-state index in [-0.39, 0.29) is 11.4 Å². The number of rotatable bonds is 5. The van der Waals surface area contributed by atoms with Crippen molar-refractivity contribution in [1.29, 1.82) is 0 Å². The Morgan fingerprint density at radius 2 is 2.00 bits per heavy atom. The Labute approximate surface area is 132 Å². The summed E-state index contributed by atoms with van der Waals surface area (Å²) in [5.41, 5.74) is 3.61. The molecule has 3 rings (SSSR count). The quantitative estimate of drug-likeness (QED) is 0.775. The minimum atomic E-state index is -3.59. The third kappa shape index (κ3) is 3.24. The van der Waals surface area contributed by atoms with Gasteiger partial charge in [0.15, 0.2) is 0 Å². The number of hydrogen-bond acceptors (Lipinski definition) is 5. The average molecular weight is 334 g/mol. The van der Waals surface area contributed by atoms with E-state index in [1.807, 2.05) is 31.2 Å². The molecule has 22 heavy (non-hydrogen) atoms. The van der Waals surface area contributed by atoms with Gasteiger partial charge < -0.3 is 0 Å². The van der Waals surface area contributed by atoms with Crippen LogP contribution in [0.4, 0.5) is 0 Å². The lowest BCUT2D eigenvalue weighted by Crippen LogP contribution is -2.22. The lowest BCUT2D eigenvalue weighted by Gasteiger charge is -2.03. The zero-order chi connectivity index (χ0) is 15.6. The normalized spacial score (nSPS) is 11.7. The summed E-state index contributed by atoms with van der Waals surface area (Å²) in [5, 5.41) is 4.12. The van der Waals surface area contributed by atoms with Crippen LogP contribution in [-0.2, 0) is 16.6 Å². The zero-order valence-corrected chi connectivity index (χ0v) is 13.4. The van der Waals surface area contributed by atoms with E-state index >= 15 is 0 Å². The monoisotopic (exact) mass is 334 g/mol. The van der Waals surface area contributed by atoms with Crippen LogP contribution < -0.4 is 4.72 Å². The minimum absolute atomic E-state index is 0.137. The summed E-state index contributed by atoms with van der Waals surface area (Å²) >= 11 is 1.40. The van der Waals surface area contributed by atoms with E-state index < -0.39 is 10.0 Å². The first-order valence-electron chi connectivity index (χ1n) is 6.53. The minimum Gasteiger partial charge on any atom is -0.253 e. The molecule has 0 aliphatic heterocycles. The van der Waals surface area contributed by atoms with E-state index in [9.17, 15) is 8.42 Å². The number of thiazole rings is 1. The summed E-state index contributed by atoms with van der Waals surface area (Å²) in [6.45, 7) is 2.22. The molecule has 1 N–H and O–H groups in total. The molecule has 0 spiro atoms. The Morgan fingerprint density at radius 3 is 2.68 bits per heavy atom. The molecule has 8 heteroatoms. The van der Waals surface area contributed by atoms with Gasteiger partial charge in [-0.1, -0.05) is 17.7 Å². The first-order chi connectivity index (χ1) is 10.5. The smallest absolute Gasteiger partial charge is 0.244 e. The van der Waals surface area contributed by atoms with Crippen molar-refractivity contribution < 1.29 is 8.42 Å². The number of sulfonamides is 1. The molecule has 0 fully saturated rings. The molecule has 0 bridgehead atoms. The van der Waals surface area contributed by atoms with Crippen LogP contribution in [0, 0.1) is 6.92 Å². The van der Waals surface area contributed by atoms with Gasteiger partial charge in [0.25, 0.3) is 0 Å². The Hall–Kier alpha value is -2.03. The van der Waals surface area contributed by atoms with E-state index in [2.05, 4.69) is 14.8 Å². The van der Waals surface area contributed by atoms with Crippen LogP contribution >= 0.6 is 11.3 Å². The lowest BCUT2D eigenvalue weighted by atomic mass is 10.2. The van der Waals surface area contributed by atoms with Gasteiger partial charge in [0.1, 0.15) is 4.90 Å². The van der Waals surface area contributed by atoms with Gasteiger partial charge in [-0.2, -0.15) is 5.10 Å². The van der Waals surface area contributed by atoms with Gasteiger partial charge in [0.2, 0.25) is 10.0 Å². The van der Waals surface area contributed by atoms with Gasteiger partial charge >= 0.3 is 0 Å². The number of aromatic nitrogens is 3. The Kier molecular flexibility index (Phi) is 4.06. The highest BCUT2D eigenvalue weighted by atomic mass is 32.2. The molecule has 6 nitrogen and oxygen atoms in total. The maximum atomic E-state index is 12.2. The van der Waals surface area contributed by atoms with E-state index in [1.54, 1.807) is 16.4 Å². The molecule has 0 saturated carbocycles. The van der Waals surface area contributed by atoms with Crippen LogP contribution in [-0.4, -0.2) is 23.2 Å². The first kappa shape index (κ1) is 14.9. The standard InChI is InChI=1S/C14H14N4O2S2/c1-11-2-4-12(5-3-11)18-9-14(8-16-18)22(19,20)17-7-13-6-15-10-21-13/h2-6,8-10,17H,7H2,1H3. The molecular weight excluding hydrogens is 320 g/mol. The average Bonchev–Trinajstić information content (AvgIpc) is 3.18. The molecule has 1 aromatic carbocycles. The highest BCUT2D eigenvalue weighted by molar-refractivity contribution is 7.89. The van der Waals surface area contributed by atoms with Gasteiger partial charge in [-0.15, -0.1) is 11.3 Å². The fourth-order valence-electron chi connectivity index (χ4n) is 1.86. The molecule has 0 amide bonds. The highest BCUT2D eigenvalue weighted by Gasteiger charge is 2.17. The fraction of sp³-hybridized carbons (Fsp3) is 0.143. The largest absolute Gasteiger partial charge is 0.253 e. The molecule has 2 heterocycles. The third-order valence-corrected chi connectivity index (χ3v) is 5.22. The van der Waals surface area contributed by atoms with Crippen LogP contribution in [0.15, 0.2) is 53.3 Å². The van der Waals surface area contributed by atoms with Crippen LogP contribution in [0.5, 0.6) is 0 Å². The molecule has 0 aliphatic carbocycles. The summed E-state index contributed by atoms with van der Waals surface area (Å²) in [6, 6.07) is 7.69. The van der Waals surface area contributed by atoms with Crippen molar-refractivity contribution in [1.82, 2.24) is 19.5 Å². The van der Waals surface area contributed by atoms with Gasteiger partial charge in [0, 0.05) is 17.6 Å². The van der Waals surface area contributed by atoms with E-state index in [0.29, 0.717) is 0 Å². The maximum Gasteiger partial charge on any atom is 0.244 e. The highest BCUT2D eigenvalue weighted by Crippen LogP contribution is 2.14. The summed E-state index contributed by atoms with van der Waals surface area (Å²) in [5.74, 6) is 0. The van der Waals surface area contributed by atoms with Crippen molar-refractivity contribution >= 4 is 21.4 Å². The molecule has 0 atom stereocenters. The molecule has 0 unspecified atom stereocenters. The third-order valence-electron chi connectivity index (χ3n) is 3.09. The van der Waals surface area contributed by atoms with Gasteiger partial charge in [-0.05, 0) is 19.1 Å². The lowest BCUT2D eigenvalue weighted by molar-refractivity contribution is 0.582. The molecule has 0 radical (unpaired) electrons. The molecule has 0 saturated heterocycles. The van der Waals surface area contributed by atoms with Gasteiger partial charge in [0.05, 0.1) is 23.6 Å². The number of aryl methyl sites for hydroxylation is 1. The summed E-state index contributed by atoms with van der Waals surface area (Å²) in [4.78, 5) is 4.91. The van der Waals surface area contributed by atoms with Crippen LogP contribution in [0.2, 0.25) is 0 Å². The zero-order valence-electron chi connectivity index (χ0n) is 11.8. The Balaban J connectivity index is 1.78. The first-order valence-corrected chi connectivity index (χ1v) is 8.90. The Morgan fingerprint density at radius 1 is 1.23 bits per heavy atom. The fourth-order valence-corrected chi connectivity index (χ4v) is 3.43. The molecule has 3 aromatic rings. The van der Waals surface area contributed by atoms with Crippen molar-refractivity contribution in [3.63, 3.8) is 0 Å². The van der Waals surface area contributed by atoms with Crippen LogP contribution in [0.25, 0.3) is 5.69 Å². The van der Waals surface area contributed by atoms with E-state index in [1.165, 1.54) is 23.7 Å². The van der Waals surface area contributed by atoms with E-state index in [0.717, 1.165) is 16.1 Å². The Bertz CT molecular complexity index is 853. The summed E-state index contributed by atoms with van der Waals surface area (Å²) in [6.07, 6.45) is 4.48. The van der Waals surface area contributed by atoms with Crippen molar-refractivity contribution in [2.45, 2.75) is 18.4 Å². The number of nitrogens with one attached hydrogen (secondary N) is 1. The molecular formula is C14H14N4O2S2. The molecule has 0 aliphatic rings. The molecule has 2 aromatic heterocycles. The van der Waals surface area contributed by atoms with Crippen LogP contribution in [0.1, 0.15) is 10.4 Å². The SMILES string of the molecule is Cc1ccc(-n2cc(S(=O)(=O)NCc3cncs3)cn2)cc1. The predicted octanol–water partition coefficient (Wildman–Crippen LogP) is 2.12. The van der Waals surface area contributed by atoms with Crippen molar-refractivity contribution in [3.8, 4) is 5.69 Å². The number of hydrogen-bond donors (Lipinski definition) is 1. The van der Waals surface area contributed by atoms with E-state index in [4.69, 9.17) is 0 Å². The summed E-state index contributed by atoms with van der Waals surface area (Å²) < 4.78 is 28.6. The van der Waals surface area contributed by atoms with Gasteiger partial charge in [-0.3, -0.25) is 4.98 Å². The second-order valence-corrected chi connectivity index (χ2v) is 7.49. The maximum absolute atomic E-state index is 12.2. The number of nitrogens with zero attached hydrogens (tertiary/aromatic N) is 3. The number of benzene rings is 1.